The molecule has 0 unspecified atom stereocenters. The zero-order valence-corrected chi connectivity index (χ0v) is 32.8. The topological polar surface area (TPSA) is 25.8 Å². The molecular formula is C58H38N2. The normalized spacial score (nSPS) is 11.3. The molecule has 0 spiro atoms. The average Bonchev–Trinajstić information content (AvgIpc) is 3.34. The minimum atomic E-state index is 0.688. The molecule has 0 aliphatic carbocycles. The van der Waals surface area contributed by atoms with Gasteiger partial charge >= 0.3 is 0 Å². The molecule has 0 radical (unpaired) electrons. The maximum atomic E-state index is 5.28. The second-order valence-corrected chi connectivity index (χ2v) is 15.4. The standard InChI is InChI=1S/C58H38N2/c1-3-12-39(13-4-1)41-22-24-43(25-23-41)48-18-11-19-50(36-48)56-38-55(45-28-26-42(27-29-45)40-14-5-2-6-15-40)59-58(60-56)47-32-30-46(31-33-47)57-52-21-10-8-17-49(52)37-54-51-20-9-7-16-44(51)34-35-53(54)57/h1-38H. The summed E-state index contributed by atoms with van der Waals surface area (Å²) in [5.41, 5.74) is 14.3. The Morgan fingerprint density at radius 2 is 0.683 bits per heavy atom. The van der Waals surface area contributed by atoms with E-state index in [1.54, 1.807) is 0 Å². The fraction of sp³-hybridized carbons (Fsp3) is 0. The van der Waals surface area contributed by atoms with E-state index >= 15 is 0 Å². The van der Waals surface area contributed by atoms with E-state index in [-0.39, 0.29) is 0 Å². The molecular weight excluding hydrogens is 725 g/mol. The first-order valence-electron chi connectivity index (χ1n) is 20.5. The van der Waals surface area contributed by atoms with Gasteiger partial charge in [0.1, 0.15) is 0 Å². The predicted molar refractivity (Wildman–Crippen MR) is 253 cm³/mol. The molecule has 1 heterocycles. The van der Waals surface area contributed by atoms with Gasteiger partial charge in [0.15, 0.2) is 5.82 Å². The smallest absolute Gasteiger partial charge is 0.160 e. The molecule has 0 saturated heterocycles. The number of aromatic nitrogens is 2. The van der Waals surface area contributed by atoms with E-state index in [2.05, 4.69) is 231 Å². The van der Waals surface area contributed by atoms with E-state index in [1.165, 1.54) is 60.1 Å². The van der Waals surface area contributed by atoms with Crippen molar-refractivity contribution in [2.75, 3.05) is 0 Å². The average molecular weight is 763 g/mol. The van der Waals surface area contributed by atoms with E-state index in [4.69, 9.17) is 9.97 Å². The lowest BCUT2D eigenvalue weighted by molar-refractivity contribution is 1.18. The van der Waals surface area contributed by atoms with Gasteiger partial charge in [-0.05, 0) is 95.0 Å². The first kappa shape index (κ1) is 35.2. The summed E-state index contributed by atoms with van der Waals surface area (Å²) in [6.45, 7) is 0. The molecule has 11 rings (SSSR count). The summed E-state index contributed by atoms with van der Waals surface area (Å²) in [7, 11) is 0. The molecule has 0 saturated carbocycles. The lowest BCUT2D eigenvalue weighted by atomic mass is 9.89. The van der Waals surface area contributed by atoms with Crippen molar-refractivity contribution in [3.8, 4) is 78.4 Å². The van der Waals surface area contributed by atoms with Gasteiger partial charge in [0.05, 0.1) is 11.4 Å². The number of hydrogen-bond acceptors (Lipinski definition) is 2. The van der Waals surface area contributed by atoms with Gasteiger partial charge in [0, 0.05) is 16.7 Å². The SMILES string of the molecule is c1ccc(-c2ccc(-c3cccc(-c4cc(-c5ccc(-c6ccccc6)cc5)nc(-c5ccc(-c6c7ccccc7cc7c6ccc6ccccc67)cc5)n4)c3)cc2)cc1. The van der Waals surface area contributed by atoms with Crippen LogP contribution >= 0.6 is 0 Å². The van der Waals surface area contributed by atoms with E-state index in [0.717, 1.165) is 44.8 Å². The second-order valence-electron chi connectivity index (χ2n) is 15.4. The molecule has 0 aliphatic heterocycles. The van der Waals surface area contributed by atoms with Crippen LogP contribution < -0.4 is 0 Å². The Morgan fingerprint density at radius 3 is 1.35 bits per heavy atom. The van der Waals surface area contributed by atoms with Crippen LogP contribution in [-0.2, 0) is 0 Å². The molecule has 0 N–H and O–H groups in total. The van der Waals surface area contributed by atoms with Gasteiger partial charge in [0.2, 0.25) is 0 Å². The van der Waals surface area contributed by atoms with Crippen molar-refractivity contribution in [3.05, 3.63) is 231 Å². The summed E-state index contributed by atoms with van der Waals surface area (Å²) in [5.74, 6) is 0.688. The molecule has 1 aromatic heterocycles. The van der Waals surface area contributed by atoms with Gasteiger partial charge in [-0.25, -0.2) is 9.97 Å². The van der Waals surface area contributed by atoms with Crippen LogP contribution in [0.5, 0.6) is 0 Å². The number of fused-ring (bicyclic) bond motifs is 4. The summed E-state index contributed by atoms with van der Waals surface area (Å²) >= 11 is 0. The predicted octanol–water partition coefficient (Wildman–Crippen LogP) is 15.6. The van der Waals surface area contributed by atoms with Gasteiger partial charge < -0.3 is 0 Å². The van der Waals surface area contributed by atoms with Crippen molar-refractivity contribution < 1.29 is 0 Å². The Kier molecular flexibility index (Phi) is 8.87. The van der Waals surface area contributed by atoms with Crippen LogP contribution in [0.1, 0.15) is 0 Å². The largest absolute Gasteiger partial charge is 0.228 e. The monoisotopic (exact) mass is 762 g/mol. The Morgan fingerprint density at radius 1 is 0.217 bits per heavy atom. The quantitative estimate of drug-likeness (QED) is 0.119. The van der Waals surface area contributed by atoms with Crippen LogP contribution in [0.4, 0.5) is 0 Å². The van der Waals surface area contributed by atoms with Gasteiger partial charge in [-0.2, -0.15) is 0 Å². The highest BCUT2D eigenvalue weighted by Gasteiger charge is 2.15. The maximum Gasteiger partial charge on any atom is 0.160 e. The van der Waals surface area contributed by atoms with E-state index < -0.39 is 0 Å². The molecule has 11 aromatic rings. The van der Waals surface area contributed by atoms with Gasteiger partial charge in [0.25, 0.3) is 0 Å². The van der Waals surface area contributed by atoms with E-state index in [1.807, 2.05) is 0 Å². The van der Waals surface area contributed by atoms with Crippen molar-refractivity contribution in [2.45, 2.75) is 0 Å². The van der Waals surface area contributed by atoms with Crippen LogP contribution in [0.25, 0.3) is 111 Å². The molecule has 60 heavy (non-hydrogen) atoms. The maximum absolute atomic E-state index is 5.28. The highest BCUT2D eigenvalue weighted by atomic mass is 14.9. The highest BCUT2D eigenvalue weighted by molar-refractivity contribution is 6.20. The van der Waals surface area contributed by atoms with Crippen LogP contribution in [0.2, 0.25) is 0 Å². The zero-order valence-electron chi connectivity index (χ0n) is 32.8. The summed E-state index contributed by atoms with van der Waals surface area (Å²) in [6.07, 6.45) is 0. The van der Waals surface area contributed by atoms with E-state index in [0.29, 0.717) is 5.82 Å². The number of rotatable bonds is 7. The van der Waals surface area contributed by atoms with Crippen molar-refractivity contribution >= 4 is 32.3 Å². The minimum Gasteiger partial charge on any atom is -0.228 e. The van der Waals surface area contributed by atoms with Gasteiger partial charge in [-0.1, -0.05) is 212 Å². The lowest BCUT2D eigenvalue weighted by Gasteiger charge is -2.15. The third-order valence-electron chi connectivity index (χ3n) is 11.7. The molecule has 280 valence electrons. The summed E-state index contributed by atoms with van der Waals surface area (Å²) in [5, 5.41) is 7.49. The highest BCUT2D eigenvalue weighted by Crippen LogP contribution is 2.40. The summed E-state index contributed by atoms with van der Waals surface area (Å²) in [6, 6.07) is 82.4. The first-order chi connectivity index (χ1) is 29.7. The number of nitrogens with zero attached hydrogens (tertiary/aromatic N) is 2. The van der Waals surface area contributed by atoms with Gasteiger partial charge in [-0.15, -0.1) is 0 Å². The molecule has 0 bridgehead atoms. The third kappa shape index (κ3) is 6.61. The fourth-order valence-corrected chi connectivity index (χ4v) is 8.60. The van der Waals surface area contributed by atoms with E-state index in [9.17, 15) is 0 Å². The Balaban J connectivity index is 1.01. The van der Waals surface area contributed by atoms with Crippen molar-refractivity contribution in [3.63, 3.8) is 0 Å². The van der Waals surface area contributed by atoms with Gasteiger partial charge in [-0.3, -0.25) is 0 Å². The third-order valence-corrected chi connectivity index (χ3v) is 11.7. The second kappa shape index (κ2) is 15.1. The Labute approximate surface area is 349 Å². The zero-order chi connectivity index (χ0) is 39.8. The first-order valence-corrected chi connectivity index (χ1v) is 20.5. The van der Waals surface area contributed by atoms with Crippen molar-refractivity contribution in [1.29, 1.82) is 0 Å². The molecule has 0 amide bonds. The number of benzene rings is 10. The molecule has 0 fully saturated rings. The lowest BCUT2D eigenvalue weighted by Crippen LogP contribution is -1.96. The van der Waals surface area contributed by atoms with Crippen molar-refractivity contribution in [1.82, 2.24) is 9.97 Å². The molecule has 2 heteroatoms. The Bertz CT molecular complexity index is 3320. The van der Waals surface area contributed by atoms with Crippen LogP contribution in [-0.4, -0.2) is 9.97 Å². The molecule has 0 atom stereocenters. The van der Waals surface area contributed by atoms with Crippen LogP contribution in [0.15, 0.2) is 231 Å². The molecule has 10 aromatic carbocycles. The fourth-order valence-electron chi connectivity index (χ4n) is 8.60. The minimum absolute atomic E-state index is 0.688. The number of hydrogen-bond donors (Lipinski definition) is 0. The van der Waals surface area contributed by atoms with Crippen molar-refractivity contribution in [2.24, 2.45) is 0 Å². The molecule has 0 aliphatic rings. The van der Waals surface area contributed by atoms with Crippen LogP contribution in [0, 0.1) is 0 Å². The molecule has 2 nitrogen and oxygen atoms in total. The Hall–Kier alpha value is -7.94. The summed E-state index contributed by atoms with van der Waals surface area (Å²) in [4.78, 5) is 10.5. The van der Waals surface area contributed by atoms with Crippen LogP contribution in [0.3, 0.4) is 0 Å². The summed E-state index contributed by atoms with van der Waals surface area (Å²) < 4.78 is 0.